The molecule has 0 spiro atoms. The third kappa shape index (κ3) is 2.52. The molecule has 0 aliphatic heterocycles. The van der Waals surface area contributed by atoms with Crippen LogP contribution >= 0.6 is 0 Å². The van der Waals surface area contributed by atoms with E-state index in [1.165, 1.54) is 6.20 Å². The van der Waals surface area contributed by atoms with Gasteiger partial charge in [0.25, 0.3) is 0 Å². The third-order valence-corrected chi connectivity index (χ3v) is 2.26. The third-order valence-electron chi connectivity index (χ3n) is 2.26. The Morgan fingerprint density at radius 1 is 1.53 bits per heavy atom. The molecule has 0 radical (unpaired) electrons. The molecular formula is C11H12N6. The SMILES string of the molecule is Cn1cc(CNc2ncc(C#N)cc2N)cn1. The number of anilines is 2. The fourth-order valence-corrected chi connectivity index (χ4v) is 1.44. The lowest BCUT2D eigenvalue weighted by Crippen LogP contribution is -2.04. The number of pyridine rings is 1. The van der Waals surface area contributed by atoms with Gasteiger partial charge in [-0.3, -0.25) is 4.68 Å². The number of aryl methyl sites for hydroxylation is 1. The van der Waals surface area contributed by atoms with Crippen molar-refractivity contribution in [1.29, 1.82) is 5.26 Å². The van der Waals surface area contributed by atoms with Crippen molar-refractivity contribution >= 4 is 11.5 Å². The van der Waals surface area contributed by atoms with Gasteiger partial charge in [-0.25, -0.2) is 4.98 Å². The summed E-state index contributed by atoms with van der Waals surface area (Å²) >= 11 is 0. The van der Waals surface area contributed by atoms with E-state index in [1.54, 1.807) is 16.9 Å². The molecule has 0 atom stereocenters. The van der Waals surface area contributed by atoms with Crippen molar-refractivity contribution in [3.05, 3.63) is 35.8 Å². The lowest BCUT2D eigenvalue weighted by atomic mass is 10.2. The van der Waals surface area contributed by atoms with Crippen LogP contribution in [0.25, 0.3) is 0 Å². The van der Waals surface area contributed by atoms with Gasteiger partial charge in [-0.2, -0.15) is 10.4 Å². The van der Waals surface area contributed by atoms with Crippen molar-refractivity contribution in [2.45, 2.75) is 6.54 Å². The van der Waals surface area contributed by atoms with Crippen LogP contribution in [0.3, 0.4) is 0 Å². The Morgan fingerprint density at radius 2 is 2.35 bits per heavy atom. The number of nitrogen functional groups attached to an aromatic ring is 1. The van der Waals surface area contributed by atoms with E-state index in [4.69, 9.17) is 11.0 Å². The fourth-order valence-electron chi connectivity index (χ4n) is 1.44. The first-order chi connectivity index (χ1) is 8.19. The number of nitrogens with one attached hydrogen (secondary N) is 1. The lowest BCUT2D eigenvalue weighted by Gasteiger charge is -2.06. The van der Waals surface area contributed by atoms with Crippen LogP contribution in [0.15, 0.2) is 24.7 Å². The van der Waals surface area contributed by atoms with Crippen LogP contribution in [-0.2, 0) is 13.6 Å². The molecule has 6 nitrogen and oxygen atoms in total. The van der Waals surface area contributed by atoms with Gasteiger partial charge in [0.05, 0.1) is 17.4 Å². The zero-order valence-electron chi connectivity index (χ0n) is 9.38. The maximum Gasteiger partial charge on any atom is 0.149 e. The number of nitrogens with zero attached hydrogens (tertiary/aromatic N) is 4. The molecule has 2 aromatic rings. The second-order valence-corrected chi connectivity index (χ2v) is 3.65. The van der Waals surface area contributed by atoms with Gasteiger partial charge in [0, 0.05) is 31.5 Å². The van der Waals surface area contributed by atoms with E-state index in [2.05, 4.69) is 15.4 Å². The number of nitriles is 1. The summed E-state index contributed by atoms with van der Waals surface area (Å²) in [5, 5.41) is 15.8. The maximum absolute atomic E-state index is 8.69. The first-order valence-electron chi connectivity index (χ1n) is 5.06. The van der Waals surface area contributed by atoms with Crippen molar-refractivity contribution in [1.82, 2.24) is 14.8 Å². The maximum atomic E-state index is 8.69. The highest BCUT2D eigenvalue weighted by Gasteiger charge is 2.03. The molecule has 2 heterocycles. The highest BCUT2D eigenvalue weighted by atomic mass is 15.2. The Kier molecular flexibility index (Phi) is 2.92. The van der Waals surface area contributed by atoms with Gasteiger partial charge in [-0.1, -0.05) is 0 Å². The first kappa shape index (κ1) is 11.0. The Labute approximate surface area is 98.7 Å². The predicted molar refractivity (Wildman–Crippen MR) is 63.9 cm³/mol. The van der Waals surface area contributed by atoms with Crippen LogP contribution in [0.4, 0.5) is 11.5 Å². The van der Waals surface area contributed by atoms with Gasteiger partial charge in [-0.15, -0.1) is 0 Å². The number of aromatic nitrogens is 3. The molecule has 2 aromatic heterocycles. The van der Waals surface area contributed by atoms with E-state index >= 15 is 0 Å². The Bertz CT molecular complexity index is 566. The molecule has 0 saturated carbocycles. The van der Waals surface area contributed by atoms with E-state index < -0.39 is 0 Å². The average Bonchev–Trinajstić information content (AvgIpc) is 2.73. The Balaban J connectivity index is 2.07. The van der Waals surface area contributed by atoms with Gasteiger partial charge in [0.15, 0.2) is 0 Å². The molecule has 17 heavy (non-hydrogen) atoms. The molecular weight excluding hydrogens is 216 g/mol. The number of hydrogen-bond donors (Lipinski definition) is 2. The van der Waals surface area contributed by atoms with Crippen molar-refractivity contribution in [2.24, 2.45) is 7.05 Å². The van der Waals surface area contributed by atoms with Crippen LogP contribution in [-0.4, -0.2) is 14.8 Å². The first-order valence-corrected chi connectivity index (χ1v) is 5.06. The lowest BCUT2D eigenvalue weighted by molar-refractivity contribution is 0.767. The molecule has 0 unspecified atom stereocenters. The van der Waals surface area contributed by atoms with E-state index in [0.29, 0.717) is 23.6 Å². The molecule has 2 rings (SSSR count). The normalized spacial score (nSPS) is 9.88. The van der Waals surface area contributed by atoms with E-state index in [-0.39, 0.29) is 0 Å². The van der Waals surface area contributed by atoms with Crippen molar-refractivity contribution in [3.63, 3.8) is 0 Å². The summed E-state index contributed by atoms with van der Waals surface area (Å²) in [4.78, 5) is 4.09. The molecule has 0 aliphatic carbocycles. The van der Waals surface area contributed by atoms with Crippen molar-refractivity contribution in [3.8, 4) is 6.07 Å². The summed E-state index contributed by atoms with van der Waals surface area (Å²) in [6.45, 7) is 0.594. The van der Waals surface area contributed by atoms with E-state index in [0.717, 1.165) is 5.56 Å². The zero-order chi connectivity index (χ0) is 12.3. The standard InChI is InChI=1S/C11H12N6/c1-17-7-9(6-16-17)5-15-11-10(13)2-8(3-12)4-14-11/h2,4,6-7H,5,13H2,1H3,(H,14,15). The van der Waals surface area contributed by atoms with Crippen LogP contribution < -0.4 is 11.1 Å². The predicted octanol–water partition coefficient (Wildman–Crippen LogP) is 0.881. The van der Waals surface area contributed by atoms with Crippen LogP contribution in [0.1, 0.15) is 11.1 Å². The quantitative estimate of drug-likeness (QED) is 0.813. The minimum atomic E-state index is 0.453. The molecule has 0 bridgehead atoms. The smallest absolute Gasteiger partial charge is 0.149 e. The number of rotatable bonds is 3. The topological polar surface area (TPSA) is 92.5 Å². The number of hydrogen-bond acceptors (Lipinski definition) is 5. The van der Waals surface area contributed by atoms with E-state index in [1.807, 2.05) is 19.3 Å². The summed E-state index contributed by atoms with van der Waals surface area (Å²) in [5.41, 5.74) is 7.73. The average molecular weight is 228 g/mol. The molecule has 6 heteroatoms. The molecule has 86 valence electrons. The van der Waals surface area contributed by atoms with E-state index in [9.17, 15) is 0 Å². The molecule has 0 aliphatic rings. The monoisotopic (exact) mass is 228 g/mol. The summed E-state index contributed by atoms with van der Waals surface area (Å²) < 4.78 is 1.73. The van der Waals surface area contributed by atoms with Gasteiger partial charge >= 0.3 is 0 Å². The number of nitrogens with two attached hydrogens (primary N) is 1. The van der Waals surface area contributed by atoms with Gasteiger partial charge < -0.3 is 11.1 Å². The zero-order valence-corrected chi connectivity index (χ0v) is 9.38. The minimum Gasteiger partial charge on any atom is -0.396 e. The highest BCUT2D eigenvalue weighted by Crippen LogP contribution is 2.16. The summed E-state index contributed by atoms with van der Waals surface area (Å²) in [5.74, 6) is 0.577. The molecule has 0 fully saturated rings. The largest absolute Gasteiger partial charge is 0.396 e. The molecule has 0 amide bonds. The second kappa shape index (κ2) is 4.53. The molecule has 0 aromatic carbocycles. The fraction of sp³-hybridized carbons (Fsp3) is 0.182. The van der Waals surface area contributed by atoms with Crippen LogP contribution in [0.2, 0.25) is 0 Å². The summed E-state index contributed by atoms with van der Waals surface area (Å²) in [6.07, 6.45) is 5.17. The Morgan fingerprint density at radius 3 is 2.94 bits per heavy atom. The van der Waals surface area contributed by atoms with Crippen LogP contribution in [0, 0.1) is 11.3 Å². The molecule has 0 saturated heterocycles. The Hall–Kier alpha value is -2.55. The second-order valence-electron chi connectivity index (χ2n) is 3.65. The van der Waals surface area contributed by atoms with Gasteiger partial charge in [0.2, 0.25) is 0 Å². The highest BCUT2D eigenvalue weighted by molar-refractivity contribution is 5.63. The van der Waals surface area contributed by atoms with Gasteiger partial charge in [-0.05, 0) is 6.07 Å². The van der Waals surface area contributed by atoms with Crippen LogP contribution in [0.5, 0.6) is 0 Å². The summed E-state index contributed by atoms with van der Waals surface area (Å²) in [7, 11) is 1.86. The molecule has 3 N–H and O–H groups in total. The van der Waals surface area contributed by atoms with Crippen molar-refractivity contribution in [2.75, 3.05) is 11.1 Å². The minimum absolute atomic E-state index is 0.453. The van der Waals surface area contributed by atoms with Gasteiger partial charge in [0.1, 0.15) is 11.9 Å². The summed E-state index contributed by atoms with van der Waals surface area (Å²) in [6, 6.07) is 3.58. The van der Waals surface area contributed by atoms with Crippen molar-refractivity contribution < 1.29 is 0 Å².